The number of hydrogen-bond acceptors (Lipinski definition) is 5. The van der Waals surface area contributed by atoms with Crippen molar-refractivity contribution in [1.82, 2.24) is 10.3 Å². The van der Waals surface area contributed by atoms with E-state index in [1.165, 1.54) is 18.5 Å². The van der Waals surface area contributed by atoms with Crippen LogP contribution in [0.4, 0.5) is 5.69 Å². The number of carboxylic acid groups (broad SMARTS) is 1. The summed E-state index contributed by atoms with van der Waals surface area (Å²) in [4.78, 5) is 26.9. The number of benzene rings is 1. The smallest absolute Gasteiger partial charge is 0.339 e. The summed E-state index contributed by atoms with van der Waals surface area (Å²) in [5.74, 6) is -0.386. The molecule has 0 spiro atoms. The van der Waals surface area contributed by atoms with Gasteiger partial charge in [0.2, 0.25) is 5.91 Å². The maximum atomic E-state index is 12.0. The predicted molar refractivity (Wildman–Crippen MR) is 106 cm³/mol. The van der Waals surface area contributed by atoms with Crippen LogP contribution in [0.2, 0.25) is 10.0 Å². The molecule has 3 rings (SSSR count). The summed E-state index contributed by atoms with van der Waals surface area (Å²) < 4.78 is 5.73. The van der Waals surface area contributed by atoms with Crippen molar-refractivity contribution in [2.75, 3.05) is 11.9 Å². The molecule has 0 saturated carbocycles. The molecule has 9 heteroatoms. The fourth-order valence-electron chi connectivity index (χ4n) is 2.47. The molecule has 3 N–H and O–H groups in total. The lowest BCUT2D eigenvalue weighted by molar-refractivity contribution is -0.115. The number of aromatic carboxylic acids is 1. The molecule has 0 atom stereocenters. The van der Waals surface area contributed by atoms with Crippen LogP contribution in [0.15, 0.2) is 53.2 Å². The number of amides is 1. The summed E-state index contributed by atoms with van der Waals surface area (Å²) in [6, 6.07) is 10.1. The number of carbonyl (C=O) groups is 2. The largest absolute Gasteiger partial charge is 0.478 e. The van der Waals surface area contributed by atoms with E-state index in [-0.39, 0.29) is 17.8 Å². The molecular formula is C19H15Cl2N3O4. The van der Waals surface area contributed by atoms with Crippen molar-refractivity contribution in [3.05, 3.63) is 70.2 Å². The highest BCUT2D eigenvalue weighted by molar-refractivity contribution is 6.35. The average Bonchev–Trinajstić information content (AvgIpc) is 3.12. The van der Waals surface area contributed by atoms with E-state index in [1.54, 1.807) is 30.3 Å². The van der Waals surface area contributed by atoms with E-state index in [0.29, 0.717) is 33.7 Å². The lowest BCUT2D eigenvalue weighted by Crippen LogP contribution is -2.28. The first-order chi connectivity index (χ1) is 13.4. The molecule has 0 bridgehead atoms. The third-order valence-corrected chi connectivity index (χ3v) is 4.33. The van der Waals surface area contributed by atoms with E-state index in [9.17, 15) is 9.59 Å². The molecule has 1 amide bonds. The molecule has 0 aliphatic heterocycles. The van der Waals surface area contributed by atoms with Crippen molar-refractivity contribution in [2.45, 2.75) is 6.54 Å². The molecule has 3 aromatic rings. The SMILES string of the molecule is O=C(CNCc1ccc(-c2cc(Cl)ccc2Cl)o1)Nc1ccncc1C(=O)O. The molecule has 0 fully saturated rings. The lowest BCUT2D eigenvalue weighted by Gasteiger charge is -2.08. The number of rotatable bonds is 7. The summed E-state index contributed by atoms with van der Waals surface area (Å²) >= 11 is 12.2. The Balaban J connectivity index is 1.56. The summed E-state index contributed by atoms with van der Waals surface area (Å²) in [5.41, 5.74) is 0.784. The molecule has 0 aliphatic carbocycles. The first-order valence-corrected chi connectivity index (χ1v) is 8.91. The van der Waals surface area contributed by atoms with Gasteiger partial charge in [-0.2, -0.15) is 0 Å². The number of furan rings is 1. The Morgan fingerprint density at radius 1 is 1.14 bits per heavy atom. The highest BCUT2D eigenvalue weighted by Gasteiger charge is 2.13. The molecule has 7 nitrogen and oxygen atoms in total. The van der Waals surface area contributed by atoms with Crippen LogP contribution in [0.3, 0.4) is 0 Å². The maximum absolute atomic E-state index is 12.0. The van der Waals surface area contributed by atoms with E-state index in [2.05, 4.69) is 15.6 Å². The van der Waals surface area contributed by atoms with Crippen molar-refractivity contribution < 1.29 is 19.1 Å². The highest BCUT2D eigenvalue weighted by atomic mass is 35.5. The minimum absolute atomic E-state index is 0.0324. The molecule has 0 unspecified atom stereocenters. The number of nitrogens with zero attached hydrogens (tertiary/aromatic N) is 1. The summed E-state index contributed by atoms with van der Waals surface area (Å²) in [6.45, 7) is 0.267. The van der Waals surface area contributed by atoms with Crippen molar-refractivity contribution in [3.63, 3.8) is 0 Å². The molecule has 1 aromatic carbocycles. The molecule has 28 heavy (non-hydrogen) atoms. The number of pyridine rings is 1. The van der Waals surface area contributed by atoms with Gasteiger partial charge in [0.15, 0.2) is 0 Å². The predicted octanol–water partition coefficient (Wildman–Crippen LogP) is 4.07. The van der Waals surface area contributed by atoms with Crippen LogP contribution in [-0.4, -0.2) is 28.5 Å². The van der Waals surface area contributed by atoms with Gasteiger partial charge in [0.25, 0.3) is 0 Å². The van der Waals surface area contributed by atoms with Crippen LogP contribution in [0.5, 0.6) is 0 Å². The number of carboxylic acids is 1. The average molecular weight is 420 g/mol. The van der Waals surface area contributed by atoms with Crippen molar-refractivity contribution >= 4 is 40.8 Å². The second-order valence-electron chi connectivity index (χ2n) is 5.77. The lowest BCUT2D eigenvalue weighted by atomic mass is 10.2. The minimum atomic E-state index is -1.17. The van der Waals surface area contributed by atoms with Crippen LogP contribution < -0.4 is 10.6 Å². The van der Waals surface area contributed by atoms with Gasteiger partial charge in [-0.15, -0.1) is 0 Å². The highest BCUT2D eigenvalue weighted by Crippen LogP contribution is 2.31. The molecule has 144 valence electrons. The van der Waals surface area contributed by atoms with Crippen LogP contribution >= 0.6 is 23.2 Å². The Labute approximate surface area is 170 Å². The zero-order valence-corrected chi connectivity index (χ0v) is 15.9. The van der Waals surface area contributed by atoms with Crippen molar-refractivity contribution in [1.29, 1.82) is 0 Å². The van der Waals surface area contributed by atoms with Gasteiger partial charge in [0.05, 0.1) is 23.8 Å². The van der Waals surface area contributed by atoms with Crippen molar-refractivity contribution in [2.24, 2.45) is 0 Å². The van der Waals surface area contributed by atoms with Gasteiger partial charge in [-0.3, -0.25) is 9.78 Å². The molecule has 2 heterocycles. The van der Waals surface area contributed by atoms with E-state index in [4.69, 9.17) is 32.7 Å². The minimum Gasteiger partial charge on any atom is -0.478 e. The second-order valence-corrected chi connectivity index (χ2v) is 6.61. The second kappa shape index (κ2) is 8.88. The molecule has 0 aliphatic rings. The Morgan fingerprint density at radius 2 is 1.96 bits per heavy atom. The molecule has 2 aromatic heterocycles. The Bertz CT molecular complexity index is 1020. The first-order valence-electron chi connectivity index (χ1n) is 8.16. The topological polar surface area (TPSA) is 104 Å². The number of aromatic nitrogens is 1. The van der Waals surface area contributed by atoms with E-state index in [0.717, 1.165) is 0 Å². The third-order valence-electron chi connectivity index (χ3n) is 3.77. The number of hydrogen-bond donors (Lipinski definition) is 3. The molecular weight excluding hydrogens is 405 g/mol. The normalized spacial score (nSPS) is 10.6. The monoisotopic (exact) mass is 419 g/mol. The first kappa shape index (κ1) is 19.9. The van der Waals surface area contributed by atoms with Gasteiger partial charge in [-0.25, -0.2) is 4.79 Å². The van der Waals surface area contributed by atoms with Gasteiger partial charge >= 0.3 is 5.97 Å². The van der Waals surface area contributed by atoms with Gasteiger partial charge in [-0.1, -0.05) is 23.2 Å². The van der Waals surface area contributed by atoms with E-state index in [1.807, 2.05) is 0 Å². The van der Waals surface area contributed by atoms with Gasteiger partial charge in [0, 0.05) is 23.0 Å². The quantitative estimate of drug-likeness (QED) is 0.532. The molecule has 0 radical (unpaired) electrons. The Kier molecular flexibility index (Phi) is 6.30. The fourth-order valence-corrected chi connectivity index (χ4v) is 2.85. The van der Waals surface area contributed by atoms with Gasteiger partial charge < -0.3 is 20.2 Å². The Morgan fingerprint density at radius 3 is 2.75 bits per heavy atom. The van der Waals surface area contributed by atoms with Crippen LogP contribution in [-0.2, 0) is 11.3 Å². The fraction of sp³-hybridized carbons (Fsp3) is 0.105. The summed E-state index contributed by atoms with van der Waals surface area (Å²) in [5, 5.41) is 15.6. The maximum Gasteiger partial charge on any atom is 0.339 e. The Hall–Kier alpha value is -2.87. The summed E-state index contributed by atoms with van der Waals surface area (Å²) in [6.07, 6.45) is 2.58. The number of anilines is 1. The number of halogens is 2. The zero-order chi connectivity index (χ0) is 20.1. The van der Waals surface area contributed by atoms with Crippen LogP contribution in [0.25, 0.3) is 11.3 Å². The standard InChI is InChI=1S/C19H15Cl2N3O4/c20-11-1-3-15(21)13(7-11)17-4-2-12(28-17)8-23-10-18(25)24-16-5-6-22-9-14(16)19(26)27/h1-7,9,23H,8,10H2,(H,26,27)(H,22,24,25). The van der Waals surface area contributed by atoms with Crippen LogP contribution in [0.1, 0.15) is 16.1 Å². The molecule has 0 saturated heterocycles. The zero-order valence-electron chi connectivity index (χ0n) is 14.4. The van der Waals surface area contributed by atoms with Crippen LogP contribution in [0, 0.1) is 0 Å². The third kappa shape index (κ3) is 4.89. The number of nitrogens with one attached hydrogen (secondary N) is 2. The van der Waals surface area contributed by atoms with E-state index < -0.39 is 11.9 Å². The van der Waals surface area contributed by atoms with Gasteiger partial charge in [0.1, 0.15) is 17.1 Å². The summed E-state index contributed by atoms with van der Waals surface area (Å²) in [7, 11) is 0. The van der Waals surface area contributed by atoms with E-state index >= 15 is 0 Å². The number of carbonyl (C=O) groups excluding carboxylic acids is 1. The van der Waals surface area contributed by atoms with Crippen molar-refractivity contribution in [3.8, 4) is 11.3 Å². The van der Waals surface area contributed by atoms with Gasteiger partial charge in [-0.05, 0) is 36.4 Å².